The van der Waals surface area contributed by atoms with Crippen molar-refractivity contribution >= 4 is 25.8 Å². The second-order valence-corrected chi connectivity index (χ2v) is 13.4. The van der Waals surface area contributed by atoms with Crippen molar-refractivity contribution < 1.29 is 44.3 Å². The van der Waals surface area contributed by atoms with Crippen molar-refractivity contribution in [1.82, 2.24) is 9.62 Å². The van der Waals surface area contributed by atoms with Gasteiger partial charge in [0.05, 0.1) is 46.0 Å². The van der Waals surface area contributed by atoms with Gasteiger partial charge in [-0.05, 0) is 50.2 Å². The third-order valence-electron chi connectivity index (χ3n) is 5.90. The molecule has 3 rings (SSSR count). The number of benzene rings is 2. The molecule has 1 heterocycles. The molecule has 204 valence electrons. The molecule has 14 heteroatoms. The van der Waals surface area contributed by atoms with Crippen LogP contribution in [0.15, 0.2) is 52.3 Å². The van der Waals surface area contributed by atoms with Crippen molar-refractivity contribution in [3.05, 3.63) is 53.6 Å². The molecule has 0 aromatic heterocycles. The van der Waals surface area contributed by atoms with E-state index < -0.39 is 53.7 Å². The van der Waals surface area contributed by atoms with Crippen LogP contribution in [0.3, 0.4) is 0 Å². The molecule has 0 aliphatic carbocycles. The molecule has 2 aromatic carbocycles. The highest BCUT2D eigenvalue weighted by Crippen LogP contribution is 2.33. The number of nitrogens with zero attached hydrogens (tertiary/aromatic N) is 1. The zero-order valence-electron chi connectivity index (χ0n) is 20.3. The van der Waals surface area contributed by atoms with Crippen LogP contribution in [0.5, 0.6) is 5.75 Å². The lowest BCUT2D eigenvalue weighted by Crippen LogP contribution is -2.44. The second kappa shape index (κ2) is 10.6. The van der Waals surface area contributed by atoms with Gasteiger partial charge in [-0.25, -0.2) is 16.8 Å². The molecular formula is C23H27F3N2O7S2. The van der Waals surface area contributed by atoms with Crippen LogP contribution in [0.2, 0.25) is 0 Å². The van der Waals surface area contributed by atoms with Gasteiger partial charge in [0.15, 0.2) is 9.84 Å². The van der Waals surface area contributed by atoms with Crippen LogP contribution in [0.1, 0.15) is 29.8 Å². The van der Waals surface area contributed by atoms with E-state index in [0.29, 0.717) is 6.07 Å². The third kappa shape index (κ3) is 6.08. The predicted molar refractivity (Wildman–Crippen MR) is 128 cm³/mol. The summed E-state index contributed by atoms with van der Waals surface area (Å²) in [6.45, 7) is 2.82. The SMILES string of the molecule is COc1ccc(S(=O)(=O)N2CCOCC2)cc1C(=O)NCC(C)(C)S(=O)(=O)c1cccc(C(F)(F)F)c1. The Hall–Kier alpha value is -2.68. The summed E-state index contributed by atoms with van der Waals surface area (Å²) >= 11 is 0. The molecule has 1 aliphatic rings. The van der Waals surface area contributed by atoms with Crippen molar-refractivity contribution in [2.45, 2.75) is 34.6 Å². The number of morpholine rings is 1. The number of carbonyl (C=O) groups excluding carboxylic acids is 1. The van der Waals surface area contributed by atoms with E-state index in [-0.39, 0.29) is 42.5 Å². The van der Waals surface area contributed by atoms with Gasteiger partial charge in [0, 0.05) is 19.6 Å². The smallest absolute Gasteiger partial charge is 0.416 e. The summed E-state index contributed by atoms with van der Waals surface area (Å²) < 4.78 is 101. The Kier molecular flexibility index (Phi) is 8.27. The number of halogens is 3. The Bertz CT molecular complexity index is 1370. The van der Waals surface area contributed by atoms with Gasteiger partial charge in [0.1, 0.15) is 5.75 Å². The maximum absolute atomic E-state index is 13.1. The number of amides is 1. The highest BCUT2D eigenvalue weighted by atomic mass is 32.2. The van der Waals surface area contributed by atoms with E-state index in [1.165, 1.54) is 37.4 Å². The summed E-state index contributed by atoms with van der Waals surface area (Å²) in [5.41, 5.74) is -1.26. The maximum atomic E-state index is 13.1. The monoisotopic (exact) mass is 564 g/mol. The maximum Gasteiger partial charge on any atom is 0.416 e. The molecule has 2 aromatic rings. The number of ether oxygens (including phenoxy) is 2. The zero-order chi connectivity index (χ0) is 27.6. The average molecular weight is 565 g/mol. The van der Waals surface area contributed by atoms with Crippen LogP contribution in [0.25, 0.3) is 0 Å². The van der Waals surface area contributed by atoms with E-state index in [1.807, 2.05) is 0 Å². The Balaban J connectivity index is 1.85. The van der Waals surface area contributed by atoms with Gasteiger partial charge in [-0.3, -0.25) is 4.79 Å². The molecule has 1 aliphatic heterocycles. The fourth-order valence-corrected chi connectivity index (χ4v) is 6.48. The summed E-state index contributed by atoms with van der Waals surface area (Å²) in [6.07, 6.45) is -4.73. The molecule has 0 saturated carbocycles. The van der Waals surface area contributed by atoms with E-state index in [4.69, 9.17) is 9.47 Å². The Labute approximate surface area is 213 Å². The molecule has 0 atom stereocenters. The highest BCUT2D eigenvalue weighted by molar-refractivity contribution is 7.92. The largest absolute Gasteiger partial charge is 0.496 e. The number of hydrogen-bond acceptors (Lipinski definition) is 7. The summed E-state index contributed by atoms with van der Waals surface area (Å²) in [7, 11) is -6.97. The standard InChI is InChI=1S/C23H27F3N2O7S2/c1-22(2,36(30,31)17-6-4-5-16(13-17)23(24,25)26)15-27-21(29)19-14-18(7-8-20(19)34-3)37(32,33)28-9-11-35-12-10-28/h4-8,13-14H,9-12,15H2,1-3H3,(H,27,29). The molecule has 1 saturated heterocycles. The molecular weight excluding hydrogens is 537 g/mol. The second-order valence-electron chi connectivity index (χ2n) is 8.85. The van der Waals surface area contributed by atoms with Crippen molar-refractivity contribution in [3.63, 3.8) is 0 Å². The fraction of sp³-hybridized carbons (Fsp3) is 0.435. The molecule has 0 spiro atoms. The van der Waals surface area contributed by atoms with Gasteiger partial charge in [0.25, 0.3) is 5.91 Å². The van der Waals surface area contributed by atoms with Crippen LogP contribution < -0.4 is 10.1 Å². The van der Waals surface area contributed by atoms with E-state index in [0.717, 1.165) is 24.3 Å². The number of alkyl halides is 3. The van der Waals surface area contributed by atoms with E-state index >= 15 is 0 Å². The normalized spacial score (nSPS) is 15.8. The molecule has 1 N–H and O–H groups in total. The number of methoxy groups -OCH3 is 1. The van der Waals surface area contributed by atoms with Gasteiger partial charge in [-0.2, -0.15) is 17.5 Å². The summed E-state index contributed by atoms with van der Waals surface area (Å²) in [4.78, 5) is 12.3. The predicted octanol–water partition coefficient (Wildman–Crippen LogP) is 2.72. The number of sulfonamides is 1. The molecule has 1 amide bonds. The molecule has 0 radical (unpaired) electrons. The van der Waals surface area contributed by atoms with Gasteiger partial charge < -0.3 is 14.8 Å². The van der Waals surface area contributed by atoms with Crippen molar-refractivity contribution in [3.8, 4) is 5.75 Å². The molecule has 37 heavy (non-hydrogen) atoms. The van der Waals surface area contributed by atoms with E-state index in [9.17, 15) is 34.8 Å². The lowest BCUT2D eigenvalue weighted by molar-refractivity contribution is -0.137. The first-order chi connectivity index (χ1) is 17.1. The van der Waals surface area contributed by atoms with Crippen molar-refractivity contribution in [2.75, 3.05) is 40.0 Å². The van der Waals surface area contributed by atoms with Gasteiger partial charge in [-0.15, -0.1) is 0 Å². The highest BCUT2D eigenvalue weighted by Gasteiger charge is 2.39. The van der Waals surface area contributed by atoms with Crippen molar-refractivity contribution in [1.29, 1.82) is 0 Å². The quantitative estimate of drug-likeness (QED) is 0.524. The lowest BCUT2D eigenvalue weighted by Gasteiger charge is -2.27. The van der Waals surface area contributed by atoms with E-state index in [1.54, 1.807) is 0 Å². The minimum absolute atomic E-state index is 0.0527. The first-order valence-electron chi connectivity index (χ1n) is 11.1. The van der Waals surface area contributed by atoms with Crippen LogP contribution >= 0.6 is 0 Å². The minimum atomic E-state index is -4.73. The Morgan fingerprint density at radius 2 is 1.68 bits per heavy atom. The molecule has 0 unspecified atom stereocenters. The fourth-order valence-electron chi connectivity index (χ4n) is 3.60. The average Bonchev–Trinajstić information content (AvgIpc) is 2.86. The molecule has 1 fully saturated rings. The van der Waals surface area contributed by atoms with Crippen LogP contribution in [0, 0.1) is 0 Å². The zero-order valence-corrected chi connectivity index (χ0v) is 22.0. The lowest BCUT2D eigenvalue weighted by atomic mass is 10.1. The Morgan fingerprint density at radius 1 is 1.03 bits per heavy atom. The molecule has 9 nitrogen and oxygen atoms in total. The summed E-state index contributed by atoms with van der Waals surface area (Å²) in [6, 6.07) is 7.09. The first-order valence-corrected chi connectivity index (χ1v) is 14.0. The minimum Gasteiger partial charge on any atom is -0.496 e. The number of carbonyl (C=O) groups is 1. The van der Waals surface area contributed by atoms with Crippen molar-refractivity contribution in [2.24, 2.45) is 0 Å². The van der Waals surface area contributed by atoms with Gasteiger partial charge >= 0.3 is 6.18 Å². The number of rotatable bonds is 8. The third-order valence-corrected chi connectivity index (χ3v) is 10.3. The number of hydrogen-bond donors (Lipinski definition) is 1. The molecule has 0 bridgehead atoms. The van der Waals surface area contributed by atoms with Gasteiger partial charge in [0.2, 0.25) is 10.0 Å². The first kappa shape index (κ1) is 28.9. The summed E-state index contributed by atoms with van der Waals surface area (Å²) in [5.74, 6) is -0.764. The number of nitrogens with one attached hydrogen (secondary N) is 1. The van der Waals surface area contributed by atoms with Crippen LogP contribution in [0.4, 0.5) is 13.2 Å². The van der Waals surface area contributed by atoms with E-state index in [2.05, 4.69) is 5.32 Å². The topological polar surface area (TPSA) is 119 Å². The van der Waals surface area contributed by atoms with Gasteiger partial charge in [-0.1, -0.05) is 6.07 Å². The summed E-state index contributed by atoms with van der Waals surface area (Å²) in [5, 5.41) is 2.44. The van der Waals surface area contributed by atoms with Crippen LogP contribution in [-0.4, -0.2) is 71.8 Å². The number of sulfone groups is 1. The Morgan fingerprint density at radius 3 is 2.27 bits per heavy atom. The van der Waals surface area contributed by atoms with Crippen LogP contribution in [-0.2, 0) is 30.8 Å².